The first-order valence-corrected chi connectivity index (χ1v) is 10.1. The number of ether oxygens (including phenoxy) is 2. The number of nitrogens with zero attached hydrogens (tertiary/aromatic N) is 2. The van der Waals surface area contributed by atoms with E-state index in [1.807, 2.05) is 43.9 Å². The number of methoxy groups -OCH3 is 1. The summed E-state index contributed by atoms with van der Waals surface area (Å²) in [6.45, 7) is 7.09. The van der Waals surface area contributed by atoms with Crippen molar-refractivity contribution < 1.29 is 19.1 Å². The molecule has 0 saturated carbocycles. The SMILES string of the molecule is COC(=O)C[C@@H]1CC[C@@H]2CN(C(=O)OC(C)(C)C)[C@@H](Cc3ccccc3)CN21. The van der Waals surface area contributed by atoms with Gasteiger partial charge in [-0.05, 0) is 45.6 Å². The van der Waals surface area contributed by atoms with Crippen molar-refractivity contribution in [3.63, 3.8) is 0 Å². The Hall–Kier alpha value is -2.08. The number of benzene rings is 1. The fraction of sp³-hybridized carbons (Fsp3) is 0.636. The zero-order chi connectivity index (χ0) is 20.3. The third-order valence-corrected chi connectivity index (χ3v) is 5.61. The minimum Gasteiger partial charge on any atom is -0.469 e. The van der Waals surface area contributed by atoms with E-state index in [1.165, 1.54) is 12.7 Å². The van der Waals surface area contributed by atoms with Crippen molar-refractivity contribution in [3.05, 3.63) is 35.9 Å². The number of carbonyl (C=O) groups excluding carboxylic acids is 2. The second-order valence-corrected chi connectivity index (χ2v) is 8.84. The number of hydrogen-bond donors (Lipinski definition) is 0. The summed E-state index contributed by atoms with van der Waals surface area (Å²) < 4.78 is 10.6. The Kier molecular flexibility index (Phi) is 6.28. The minimum atomic E-state index is -0.519. The van der Waals surface area contributed by atoms with Crippen LogP contribution >= 0.6 is 0 Å². The lowest BCUT2D eigenvalue weighted by molar-refractivity contribution is -0.142. The first kappa shape index (κ1) is 20.6. The summed E-state index contributed by atoms with van der Waals surface area (Å²) in [6.07, 6.45) is 2.88. The first-order valence-electron chi connectivity index (χ1n) is 10.1. The first-order chi connectivity index (χ1) is 13.3. The van der Waals surface area contributed by atoms with Crippen LogP contribution in [0.2, 0.25) is 0 Å². The Morgan fingerprint density at radius 1 is 1.07 bits per heavy atom. The highest BCUT2D eigenvalue weighted by Crippen LogP contribution is 2.33. The zero-order valence-electron chi connectivity index (χ0n) is 17.4. The summed E-state index contributed by atoms with van der Waals surface area (Å²) in [5.74, 6) is -0.167. The van der Waals surface area contributed by atoms with Crippen LogP contribution in [0.4, 0.5) is 4.79 Å². The molecule has 0 radical (unpaired) electrons. The number of rotatable bonds is 4. The Labute approximate surface area is 167 Å². The van der Waals surface area contributed by atoms with E-state index in [-0.39, 0.29) is 30.2 Å². The molecule has 3 rings (SSSR count). The van der Waals surface area contributed by atoms with Crippen LogP contribution in [0, 0.1) is 0 Å². The van der Waals surface area contributed by atoms with Crippen LogP contribution in [0.25, 0.3) is 0 Å². The number of fused-ring (bicyclic) bond motifs is 1. The predicted molar refractivity (Wildman–Crippen MR) is 107 cm³/mol. The van der Waals surface area contributed by atoms with E-state index in [0.717, 1.165) is 25.8 Å². The summed E-state index contributed by atoms with van der Waals surface area (Å²) in [7, 11) is 1.44. The van der Waals surface area contributed by atoms with Gasteiger partial charge in [0, 0.05) is 25.2 Å². The molecule has 6 heteroatoms. The number of esters is 1. The van der Waals surface area contributed by atoms with Gasteiger partial charge in [0.2, 0.25) is 0 Å². The molecule has 1 aromatic carbocycles. The Bertz CT molecular complexity index is 686. The maximum absolute atomic E-state index is 12.9. The van der Waals surface area contributed by atoms with Gasteiger partial charge in [-0.25, -0.2) is 4.79 Å². The molecule has 6 nitrogen and oxygen atoms in total. The second kappa shape index (κ2) is 8.52. The van der Waals surface area contributed by atoms with Gasteiger partial charge in [0.1, 0.15) is 5.60 Å². The summed E-state index contributed by atoms with van der Waals surface area (Å²) in [6, 6.07) is 10.7. The molecule has 2 aliphatic heterocycles. The molecule has 0 aliphatic carbocycles. The summed E-state index contributed by atoms with van der Waals surface area (Å²) in [5, 5.41) is 0. The molecule has 2 heterocycles. The lowest BCUT2D eigenvalue weighted by Crippen LogP contribution is -2.60. The van der Waals surface area contributed by atoms with Crippen molar-refractivity contribution >= 4 is 12.1 Å². The molecule has 2 fully saturated rings. The highest BCUT2D eigenvalue weighted by atomic mass is 16.6. The minimum absolute atomic E-state index is 0.0201. The van der Waals surface area contributed by atoms with Crippen LogP contribution in [0.3, 0.4) is 0 Å². The summed E-state index contributed by atoms with van der Waals surface area (Å²) >= 11 is 0. The van der Waals surface area contributed by atoms with Crippen molar-refractivity contribution in [1.82, 2.24) is 9.80 Å². The van der Waals surface area contributed by atoms with E-state index in [0.29, 0.717) is 13.0 Å². The topological polar surface area (TPSA) is 59.1 Å². The van der Waals surface area contributed by atoms with E-state index in [2.05, 4.69) is 17.0 Å². The van der Waals surface area contributed by atoms with Crippen molar-refractivity contribution in [2.24, 2.45) is 0 Å². The third-order valence-electron chi connectivity index (χ3n) is 5.61. The van der Waals surface area contributed by atoms with E-state index >= 15 is 0 Å². The van der Waals surface area contributed by atoms with Gasteiger partial charge in [0.05, 0.1) is 19.6 Å². The van der Waals surface area contributed by atoms with Crippen LogP contribution in [0.15, 0.2) is 30.3 Å². The average Bonchev–Trinajstić information content (AvgIpc) is 3.02. The molecule has 0 bridgehead atoms. The quantitative estimate of drug-likeness (QED) is 0.741. The van der Waals surface area contributed by atoms with Crippen molar-refractivity contribution in [1.29, 1.82) is 0 Å². The molecule has 1 aromatic rings. The van der Waals surface area contributed by atoms with E-state index in [4.69, 9.17) is 9.47 Å². The average molecular weight is 389 g/mol. The smallest absolute Gasteiger partial charge is 0.410 e. The van der Waals surface area contributed by atoms with Crippen LogP contribution in [0.1, 0.15) is 45.6 Å². The molecular formula is C22H32N2O4. The van der Waals surface area contributed by atoms with Crippen molar-refractivity contribution in [3.8, 4) is 0 Å². The highest BCUT2D eigenvalue weighted by molar-refractivity contribution is 5.70. The molecule has 1 amide bonds. The van der Waals surface area contributed by atoms with Gasteiger partial charge in [-0.3, -0.25) is 9.69 Å². The van der Waals surface area contributed by atoms with Gasteiger partial charge in [0.15, 0.2) is 0 Å². The second-order valence-electron chi connectivity index (χ2n) is 8.84. The van der Waals surface area contributed by atoms with Crippen LogP contribution < -0.4 is 0 Å². The van der Waals surface area contributed by atoms with Gasteiger partial charge in [-0.2, -0.15) is 0 Å². The predicted octanol–water partition coefficient (Wildman–Crippen LogP) is 3.24. The van der Waals surface area contributed by atoms with E-state index in [1.54, 1.807) is 0 Å². The van der Waals surface area contributed by atoms with Gasteiger partial charge in [0.25, 0.3) is 0 Å². The molecule has 3 atom stereocenters. The zero-order valence-corrected chi connectivity index (χ0v) is 17.4. The van der Waals surface area contributed by atoms with Gasteiger partial charge < -0.3 is 14.4 Å². The molecule has 28 heavy (non-hydrogen) atoms. The van der Waals surface area contributed by atoms with E-state index in [9.17, 15) is 9.59 Å². The molecule has 0 spiro atoms. The maximum Gasteiger partial charge on any atom is 0.410 e. The molecule has 0 N–H and O–H groups in total. The Morgan fingerprint density at radius 3 is 2.43 bits per heavy atom. The van der Waals surface area contributed by atoms with Gasteiger partial charge >= 0.3 is 12.1 Å². The lowest BCUT2D eigenvalue weighted by atomic mass is 10.00. The van der Waals surface area contributed by atoms with Crippen LogP contribution in [-0.2, 0) is 20.7 Å². The fourth-order valence-corrected chi connectivity index (χ4v) is 4.33. The third kappa shape index (κ3) is 5.04. The van der Waals surface area contributed by atoms with E-state index < -0.39 is 5.60 Å². The Morgan fingerprint density at radius 2 is 1.79 bits per heavy atom. The fourth-order valence-electron chi connectivity index (χ4n) is 4.33. The summed E-state index contributed by atoms with van der Waals surface area (Å²) in [4.78, 5) is 29.0. The van der Waals surface area contributed by atoms with Crippen LogP contribution in [-0.4, -0.2) is 65.8 Å². The molecular weight excluding hydrogens is 356 g/mol. The van der Waals surface area contributed by atoms with Gasteiger partial charge in [-0.1, -0.05) is 30.3 Å². The standard InChI is InChI=1S/C22H32N2O4/c1-22(2,3)28-21(26)24-14-18-11-10-17(13-20(25)27-4)23(18)15-19(24)12-16-8-6-5-7-9-16/h5-9,17-19H,10-15H2,1-4H3/t17-,18+,19-/m0/s1. The number of piperazine rings is 1. The molecule has 0 aromatic heterocycles. The highest BCUT2D eigenvalue weighted by Gasteiger charge is 2.44. The monoisotopic (exact) mass is 388 g/mol. The normalized spacial score (nSPS) is 25.3. The lowest BCUT2D eigenvalue weighted by Gasteiger charge is -2.45. The van der Waals surface area contributed by atoms with Crippen molar-refractivity contribution in [2.75, 3.05) is 20.2 Å². The Balaban J connectivity index is 1.78. The molecule has 154 valence electrons. The van der Waals surface area contributed by atoms with Gasteiger partial charge in [-0.15, -0.1) is 0 Å². The number of carbonyl (C=O) groups is 2. The largest absolute Gasteiger partial charge is 0.469 e. The van der Waals surface area contributed by atoms with Crippen molar-refractivity contribution in [2.45, 2.75) is 70.2 Å². The van der Waals surface area contributed by atoms with Crippen LogP contribution in [0.5, 0.6) is 0 Å². The maximum atomic E-state index is 12.9. The molecule has 2 saturated heterocycles. The summed E-state index contributed by atoms with van der Waals surface area (Å²) in [5.41, 5.74) is 0.678. The number of amides is 1. The molecule has 2 aliphatic rings. The molecule has 0 unspecified atom stereocenters. The number of hydrogen-bond acceptors (Lipinski definition) is 5.